The molecule has 15 heavy (non-hydrogen) atoms. The van der Waals surface area contributed by atoms with Crippen molar-refractivity contribution in [3.8, 4) is 0 Å². The lowest BCUT2D eigenvalue weighted by molar-refractivity contribution is 0.629. The van der Waals surface area contributed by atoms with E-state index in [1.54, 1.807) is 23.9 Å². The van der Waals surface area contributed by atoms with Crippen LogP contribution in [0.4, 0.5) is 10.1 Å². The minimum atomic E-state index is -0.562. The molecule has 1 aromatic rings. The van der Waals surface area contributed by atoms with Crippen molar-refractivity contribution >= 4 is 40.7 Å². The van der Waals surface area contributed by atoms with E-state index in [1.807, 2.05) is 0 Å². The predicted octanol–water partition coefficient (Wildman–Crippen LogP) is 4.30. The molecule has 0 aliphatic rings. The van der Waals surface area contributed by atoms with E-state index in [9.17, 15) is 4.39 Å². The Kier molecular flexibility index (Phi) is 5.58. The van der Waals surface area contributed by atoms with Crippen LogP contribution >= 0.6 is 35.0 Å². The molecule has 0 aliphatic carbocycles. The highest BCUT2D eigenvalue weighted by atomic mass is 35.5. The van der Waals surface area contributed by atoms with E-state index in [-0.39, 0.29) is 10.0 Å². The minimum absolute atomic E-state index is 0.0508. The molecule has 0 unspecified atom stereocenters. The fourth-order valence-electron chi connectivity index (χ4n) is 1.11. The van der Waals surface area contributed by atoms with Crippen molar-refractivity contribution in [2.24, 2.45) is 0 Å². The molecular weight excluding hydrogens is 256 g/mol. The highest BCUT2D eigenvalue weighted by Crippen LogP contribution is 2.27. The summed E-state index contributed by atoms with van der Waals surface area (Å²) in [4.78, 5) is 0. The number of thioether (sulfide) groups is 1. The van der Waals surface area contributed by atoms with Gasteiger partial charge in [-0.1, -0.05) is 23.2 Å². The summed E-state index contributed by atoms with van der Waals surface area (Å²) in [6.45, 7) is 0.832. The van der Waals surface area contributed by atoms with Crippen LogP contribution in [0.3, 0.4) is 0 Å². The van der Waals surface area contributed by atoms with Crippen molar-refractivity contribution < 1.29 is 4.39 Å². The second kappa shape index (κ2) is 6.46. The van der Waals surface area contributed by atoms with Crippen molar-refractivity contribution in [1.29, 1.82) is 0 Å². The lowest BCUT2D eigenvalue weighted by Crippen LogP contribution is -2.02. The molecule has 0 aliphatic heterocycles. The zero-order valence-corrected chi connectivity index (χ0v) is 10.6. The zero-order chi connectivity index (χ0) is 11.3. The summed E-state index contributed by atoms with van der Waals surface area (Å²) in [5.74, 6) is 0.531. The van der Waals surface area contributed by atoms with Crippen LogP contribution in [-0.2, 0) is 0 Å². The van der Waals surface area contributed by atoms with Crippen LogP contribution in [0.2, 0.25) is 10.0 Å². The standard InChI is InChI=1S/C10H12Cl2FNS/c1-15-4-2-3-14-7-5-8(11)10(13)9(12)6-7/h5-6,14H,2-4H2,1H3. The molecule has 0 heterocycles. The van der Waals surface area contributed by atoms with E-state index in [1.165, 1.54) is 0 Å². The largest absolute Gasteiger partial charge is 0.385 e. The van der Waals surface area contributed by atoms with Gasteiger partial charge < -0.3 is 5.32 Å². The first-order chi connectivity index (χ1) is 7.15. The summed E-state index contributed by atoms with van der Waals surface area (Å²) in [6.07, 6.45) is 3.11. The van der Waals surface area contributed by atoms with Crippen LogP contribution in [0.15, 0.2) is 12.1 Å². The molecule has 1 aromatic carbocycles. The number of nitrogens with one attached hydrogen (secondary N) is 1. The second-order valence-corrected chi connectivity index (χ2v) is 4.83. The molecular formula is C10H12Cl2FNS. The number of hydrogen-bond donors (Lipinski definition) is 1. The van der Waals surface area contributed by atoms with E-state index >= 15 is 0 Å². The Balaban J connectivity index is 2.55. The third-order valence-electron chi connectivity index (χ3n) is 1.84. The van der Waals surface area contributed by atoms with Crippen molar-refractivity contribution in [2.75, 3.05) is 23.9 Å². The van der Waals surface area contributed by atoms with E-state index in [0.717, 1.165) is 24.4 Å². The summed E-state index contributed by atoms with van der Waals surface area (Å²) in [5.41, 5.74) is 0.757. The quantitative estimate of drug-likeness (QED) is 0.631. The molecule has 0 atom stereocenters. The van der Waals surface area contributed by atoms with E-state index in [4.69, 9.17) is 23.2 Å². The lowest BCUT2D eigenvalue weighted by Gasteiger charge is -2.07. The van der Waals surface area contributed by atoms with Crippen LogP contribution in [0.5, 0.6) is 0 Å². The Morgan fingerprint density at radius 1 is 1.33 bits per heavy atom. The van der Waals surface area contributed by atoms with Crippen LogP contribution in [0, 0.1) is 5.82 Å². The first-order valence-electron chi connectivity index (χ1n) is 4.52. The highest BCUT2D eigenvalue weighted by Gasteiger charge is 2.06. The number of halogens is 3. The maximum Gasteiger partial charge on any atom is 0.160 e. The fourth-order valence-corrected chi connectivity index (χ4v) is 2.03. The van der Waals surface area contributed by atoms with Gasteiger partial charge in [0.05, 0.1) is 10.0 Å². The zero-order valence-electron chi connectivity index (χ0n) is 8.32. The van der Waals surface area contributed by atoms with Crippen LogP contribution in [0.25, 0.3) is 0 Å². The van der Waals surface area contributed by atoms with Gasteiger partial charge >= 0.3 is 0 Å². The first-order valence-corrected chi connectivity index (χ1v) is 6.67. The van der Waals surface area contributed by atoms with Gasteiger partial charge in [-0.25, -0.2) is 4.39 Å². The van der Waals surface area contributed by atoms with E-state index < -0.39 is 5.82 Å². The molecule has 1 rings (SSSR count). The van der Waals surface area contributed by atoms with Gasteiger partial charge in [-0.2, -0.15) is 11.8 Å². The normalized spacial score (nSPS) is 10.4. The SMILES string of the molecule is CSCCCNc1cc(Cl)c(F)c(Cl)c1. The van der Waals surface area contributed by atoms with Gasteiger partial charge in [0.25, 0.3) is 0 Å². The lowest BCUT2D eigenvalue weighted by atomic mass is 10.3. The maximum absolute atomic E-state index is 13.1. The summed E-state index contributed by atoms with van der Waals surface area (Å²) < 4.78 is 13.1. The van der Waals surface area contributed by atoms with E-state index in [0.29, 0.717) is 0 Å². The topological polar surface area (TPSA) is 12.0 Å². The van der Waals surface area contributed by atoms with Gasteiger partial charge in [0, 0.05) is 12.2 Å². The second-order valence-electron chi connectivity index (χ2n) is 3.03. The Morgan fingerprint density at radius 3 is 2.47 bits per heavy atom. The molecule has 0 radical (unpaired) electrons. The Morgan fingerprint density at radius 2 is 1.93 bits per heavy atom. The highest BCUT2D eigenvalue weighted by molar-refractivity contribution is 7.98. The van der Waals surface area contributed by atoms with E-state index in [2.05, 4.69) is 11.6 Å². The summed E-state index contributed by atoms with van der Waals surface area (Å²) in [5, 5.41) is 3.24. The maximum atomic E-state index is 13.1. The molecule has 5 heteroatoms. The van der Waals surface area contributed by atoms with Crippen LogP contribution < -0.4 is 5.32 Å². The van der Waals surface area contributed by atoms with Gasteiger partial charge in [-0.3, -0.25) is 0 Å². The average Bonchev–Trinajstić information content (AvgIpc) is 2.21. The Bertz CT molecular complexity index is 310. The summed E-state index contributed by atoms with van der Waals surface area (Å²) >= 11 is 13.1. The van der Waals surface area contributed by atoms with Gasteiger partial charge in [0.15, 0.2) is 5.82 Å². The number of benzene rings is 1. The molecule has 0 saturated carbocycles. The van der Waals surface area contributed by atoms with Crippen molar-refractivity contribution in [2.45, 2.75) is 6.42 Å². The van der Waals surface area contributed by atoms with Gasteiger partial charge in [-0.15, -0.1) is 0 Å². The molecule has 0 amide bonds. The van der Waals surface area contributed by atoms with Crippen LogP contribution in [-0.4, -0.2) is 18.6 Å². The van der Waals surface area contributed by atoms with Gasteiger partial charge in [0.1, 0.15) is 0 Å². The smallest absolute Gasteiger partial charge is 0.160 e. The van der Waals surface area contributed by atoms with Crippen LogP contribution in [0.1, 0.15) is 6.42 Å². The number of hydrogen-bond acceptors (Lipinski definition) is 2. The van der Waals surface area contributed by atoms with Gasteiger partial charge in [0.2, 0.25) is 0 Å². The molecule has 84 valence electrons. The first kappa shape index (κ1) is 12.9. The summed E-state index contributed by atoms with van der Waals surface area (Å²) in [6, 6.07) is 3.09. The summed E-state index contributed by atoms with van der Waals surface area (Å²) in [7, 11) is 0. The molecule has 0 aromatic heterocycles. The Hall–Kier alpha value is -0.120. The molecule has 0 saturated heterocycles. The molecule has 1 nitrogen and oxygen atoms in total. The fraction of sp³-hybridized carbons (Fsp3) is 0.400. The number of anilines is 1. The Labute approximate surface area is 103 Å². The molecule has 0 bridgehead atoms. The molecule has 0 spiro atoms. The minimum Gasteiger partial charge on any atom is -0.385 e. The third-order valence-corrected chi connectivity index (χ3v) is 3.09. The number of rotatable bonds is 5. The van der Waals surface area contributed by atoms with Crippen molar-refractivity contribution in [3.63, 3.8) is 0 Å². The molecule has 0 fully saturated rings. The van der Waals surface area contributed by atoms with Gasteiger partial charge in [-0.05, 0) is 30.6 Å². The predicted molar refractivity (Wildman–Crippen MR) is 67.9 cm³/mol. The third kappa shape index (κ3) is 4.09. The van der Waals surface area contributed by atoms with Crippen molar-refractivity contribution in [3.05, 3.63) is 28.0 Å². The molecule has 1 N–H and O–H groups in total. The van der Waals surface area contributed by atoms with Crippen molar-refractivity contribution in [1.82, 2.24) is 0 Å². The monoisotopic (exact) mass is 267 g/mol. The average molecular weight is 268 g/mol.